The number of rotatable bonds is 15. The molecular formula is C39H70N4O8S2Si2. The number of esters is 1. The third-order valence-electron chi connectivity index (χ3n) is 12.2. The highest BCUT2D eigenvalue weighted by molar-refractivity contribution is 7.86. The van der Waals surface area contributed by atoms with Crippen LogP contribution in [0.1, 0.15) is 119 Å². The molecule has 2 heterocycles. The largest absolute Gasteiger partial charge is 0.458 e. The Morgan fingerprint density at radius 1 is 1.04 bits per heavy atom. The first-order chi connectivity index (χ1) is 25.7. The Kier molecular flexibility index (Phi) is 19.5. The number of ketones is 1. The van der Waals surface area contributed by atoms with Crippen molar-refractivity contribution in [1.29, 1.82) is 0 Å². The van der Waals surface area contributed by atoms with Crippen molar-refractivity contribution < 1.29 is 35.8 Å². The number of carbonyl (C=O) groups excluding carboxylic acids is 2. The van der Waals surface area contributed by atoms with Gasteiger partial charge in [0.1, 0.15) is 11.9 Å². The van der Waals surface area contributed by atoms with E-state index in [-0.39, 0.29) is 31.0 Å². The summed E-state index contributed by atoms with van der Waals surface area (Å²) in [6.45, 7) is 24.4. The first-order valence-electron chi connectivity index (χ1n) is 20.3. The number of hydrogen-bond donors (Lipinski definition) is 0. The summed E-state index contributed by atoms with van der Waals surface area (Å²) in [5.41, 5.74) is 9.99. The van der Waals surface area contributed by atoms with Gasteiger partial charge in [-0.1, -0.05) is 80.8 Å². The molecule has 0 aliphatic carbocycles. The lowest BCUT2D eigenvalue weighted by Crippen LogP contribution is -2.53. The first-order valence-corrected chi connectivity index (χ1v) is 28.1. The van der Waals surface area contributed by atoms with Gasteiger partial charge in [-0.05, 0) is 92.5 Å². The van der Waals surface area contributed by atoms with E-state index in [1.54, 1.807) is 0 Å². The highest BCUT2D eigenvalue weighted by Crippen LogP contribution is 2.40. The zero-order valence-corrected chi connectivity index (χ0v) is 39.5. The summed E-state index contributed by atoms with van der Waals surface area (Å²) in [7, 11) is -8.53. The normalized spacial score (nSPS) is 27.0. The number of cyclic esters (lactones) is 1. The van der Waals surface area contributed by atoms with Gasteiger partial charge in [0.05, 0.1) is 47.7 Å². The van der Waals surface area contributed by atoms with Crippen LogP contribution in [0.25, 0.3) is 16.5 Å². The first kappa shape index (κ1) is 49.2. The van der Waals surface area contributed by atoms with E-state index in [2.05, 4.69) is 63.5 Å². The van der Waals surface area contributed by atoms with E-state index in [1.807, 2.05) is 46.1 Å². The molecule has 1 fully saturated rings. The van der Waals surface area contributed by atoms with Gasteiger partial charge in [0.15, 0.2) is 16.6 Å². The van der Waals surface area contributed by atoms with Crippen LogP contribution < -0.4 is 0 Å². The minimum Gasteiger partial charge on any atom is -0.458 e. The number of ether oxygens (including phenoxy) is 1. The average molecular weight is 843 g/mol. The quantitative estimate of drug-likeness (QED) is 0.0417. The van der Waals surface area contributed by atoms with Crippen molar-refractivity contribution in [1.82, 2.24) is 4.98 Å². The molecule has 314 valence electrons. The van der Waals surface area contributed by atoms with Gasteiger partial charge < -0.3 is 13.6 Å². The van der Waals surface area contributed by atoms with Crippen LogP contribution in [0.4, 0.5) is 0 Å². The Hall–Kier alpha value is -1.92. The number of azide groups is 1. The summed E-state index contributed by atoms with van der Waals surface area (Å²) in [6.07, 6.45) is 0.880. The van der Waals surface area contributed by atoms with Crippen LogP contribution in [0, 0.1) is 24.2 Å². The minimum atomic E-state index is -3.97. The van der Waals surface area contributed by atoms with Crippen LogP contribution >= 0.6 is 11.3 Å². The molecule has 2 rings (SSSR count). The van der Waals surface area contributed by atoms with Crippen molar-refractivity contribution in [2.75, 3.05) is 6.26 Å². The lowest BCUT2D eigenvalue weighted by Gasteiger charge is -2.44. The molecule has 55 heavy (non-hydrogen) atoms. The fourth-order valence-corrected chi connectivity index (χ4v) is 15.2. The molecule has 0 bridgehead atoms. The fraction of sp³-hybridized carbons (Fsp3) is 0.821. The van der Waals surface area contributed by atoms with E-state index in [0.717, 1.165) is 47.5 Å². The zero-order valence-electron chi connectivity index (χ0n) is 35.8. The molecule has 0 amide bonds. The van der Waals surface area contributed by atoms with Crippen LogP contribution in [0.3, 0.4) is 0 Å². The molecule has 1 aliphatic rings. The molecule has 0 saturated carbocycles. The minimum absolute atomic E-state index is 0.0140. The Morgan fingerprint density at radius 2 is 1.60 bits per heavy atom. The van der Waals surface area contributed by atoms with Crippen LogP contribution in [-0.4, -0.2) is 78.5 Å². The second-order valence-electron chi connectivity index (χ2n) is 16.2. The number of aromatic nitrogens is 1. The number of aryl methyl sites for hydroxylation is 1. The summed E-state index contributed by atoms with van der Waals surface area (Å²) in [5.74, 6) is -1.18. The lowest BCUT2D eigenvalue weighted by molar-refractivity contribution is -0.154. The highest BCUT2D eigenvalue weighted by Gasteiger charge is 2.48. The Morgan fingerprint density at radius 3 is 2.09 bits per heavy atom. The average Bonchev–Trinajstić information content (AvgIpc) is 3.55. The van der Waals surface area contributed by atoms with Gasteiger partial charge in [0.25, 0.3) is 10.1 Å². The maximum absolute atomic E-state index is 15.0. The van der Waals surface area contributed by atoms with E-state index in [1.165, 1.54) is 11.3 Å². The molecule has 0 unspecified atom stereocenters. The van der Waals surface area contributed by atoms with E-state index < -0.39 is 74.5 Å². The lowest BCUT2D eigenvalue weighted by atomic mass is 9.73. The molecule has 0 aromatic carbocycles. The molecular weight excluding hydrogens is 773 g/mol. The van der Waals surface area contributed by atoms with Gasteiger partial charge in [-0.25, -0.2) is 4.98 Å². The molecule has 1 saturated heterocycles. The van der Waals surface area contributed by atoms with E-state index in [9.17, 15) is 18.7 Å². The van der Waals surface area contributed by atoms with Gasteiger partial charge in [-0.3, -0.25) is 13.8 Å². The van der Waals surface area contributed by atoms with Crippen LogP contribution in [-0.2, 0) is 37.5 Å². The molecule has 16 heteroatoms. The Labute approximate surface area is 337 Å². The zero-order chi connectivity index (χ0) is 41.8. The van der Waals surface area contributed by atoms with Crippen molar-refractivity contribution in [3.8, 4) is 0 Å². The summed E-state index contributed by atoms with van der Waals surface area (Å²) in [5, 5.41) is 6.82. The SMILES string of the molecule is CC[Si](CC)(CC)O[C@@H]1[C@H](C)CCC[C@H](OS(C)(=O)=O)[C@H](N=[N+]=[N-])C[C@H](C(C)=Cc2csc(C)n2)OC(=O)C[C@H](O[Si](CC)(CC)CC)C(C)(C)C(=O)[C@H]1C. The van der Waals surface area contributed by atoms with Crippen LogP contribution in [0.2, 0.25) is 36.3 Å². The summed E-state index contributed by atoms with van der Waals surface area (Å²) in [6, 6.07) is 4.25. The monoisotopic (exact) mass is 842 g/mol. The van der Waals surface area contributed by atoms with Crippen molar-refractivity contribution in [3.05, 3.63) is 32.1 Å². The van der Waals surface area contributed by atoms with E-state index >= 15 is 4.79 Å². The second-order valence-corrected chi connectivity index (χ2v) is 28.3. The predicted molar refractivity (Wildman–Crippen MR) is 227 cm³/mol. The summed E-state index contributed by atoms with van der Waals surface area (Å²) >= 11 is 1.49. The fourth-order valence-electron chi connectivity index (χ4n) is 7.99. The molecule has 0 radical (unpaired) electrons. The molecule has 1 aromatic rings. The molecule has 12 nitrogen and oxygen atoms in total. The van der Waals surface area contributed by atoms with Gasteiger partial charge >= 0.3 is 5.97 Å². The number of carbonyl (C=O) groups is 2. The Balaban J connectivity index is 2.86. The van der Waals surface area contributed by atoms with Crippen molar-refractivity contribution in [2.24, 2.45) is 22.4 Å². The third-order valence-corrected chi connectivity index (χ3v) is 22.9. The third kappa shape index (κ3) is 13.9. The second kappa shape index (κ2) is 21.7. The van der Waals surface area contributed by atoms with Crippen molar-refractivity contribution >= 4 is 55.9 Å². The van der Waals surface area contributed by atoms with E-state index in [0.29, 0.717) is 24.1 Å². The van der Waals surface area contributed by atoms with Gasteiger partial charge in [0, 0.05) is 21.6 Å². The summed E-state index contributed by atoms with van der Waals surface area (Å²) < 4.78 is 51.5. The number of thiazole rings is 1. The number of Topliss-reactive ketones (excluding diaryl/α,β-unsaturated/α-hetero) is 1. The smallest absolute Gasteiger partial charge is 0.309 e. The van der Waals surface area contributed by atoms with Crippen molar-refractivity contribution in [3.63, 3.8) is 0 Å². The van der Waals surface area contributed by atoms with Crippen molar-refractivity contribution in [2.45, 2.75) is 182 Å². The standard InChI is InChI=1S/C39H70N4O8S2Si2/c1-14-54(15-2,16-3)50-35-25-36(44)48-34(28(8)23-31-26-52-30(10)41-31)24-32(42-43-40)33(49-53(13,46)47)22-20-21-27(7)37(29(9)38(45)39(35,11)12)51-55(17-4,18-5)19-6/h23,26-27,29,32-35,37H,14-22,24-25H2,1-13H3/t27-,29+,32-,33+,34-,35+,37-/m1/s1. The van der Waals surface area contributed by atoms with Gasteiger partial charge in [-0.2, -0.15) is 8.42 Å². The van der Waals surface area contributed by atoms with Crippen LogP contribution in [0.5, 0.6) is 0 Å². The summed E-state index contributed by atoms with van der Waals surface area (Å²) in [4.78, 5) is 36.9. The molecule has 0 spiro atoms. The molecule has 0 N–H and O–H groups in total. The number of hydrogen-bond acceptors (Lipinski definition) is 11. The molecule has 1 aromatic heterocycles. The highest BCUT2D eigenvalue weighted by atomic mass is 32.2. The van der Waals surface area contributed by atoms with Crippen LogP contribution in [0.15, 0.2) is 16.1 Å². The Bertz CT molecular complexity index is 1570. The topological polar surface area (TPSA) is 167 Å². The maximum atomic E-state index is 15.0. The molecule has 1 aliphatic heterocycles. The van der Waals surface area contributed by atoms with Gasteiger partial charge in [0.2, 0.25) is 0 Å². The maximum Gasteiger partial charge on any atom is 0.309 e. The predicted octanol–water partition coefficient (Wildman–Crippen LogP) is 10.4. The van der Waals surface area contributed by atoms with Gasteiger partial charge in [-0.15, -0.1) is 11.3 Å². The van der Waals surface area contributed by atoms with E-state index in [4.69, 9.17) is 17.8 Å². The number of nitrogens with zero attached hydrogens (tertiary/aromatic N) is 4. The molecule has 7 atom stereocenters.